The van der Waals surface area contributed by atoms with Crippen molar-refractivity contribution in [2.75, 3.05) is 17.7 Å². The van der Waals surface area contributed by atoms with Crippen molar-refractivity contribution in [3.63, 3.8) is 0 Å². The van der Waals surface area contributed by atoms with Crippen LogP contribution in [0, 0.1) is 6.92 Å². The Hall–Kier alpha value is -2.41. The standard InChI is InChI=1S/C13H13N3O3S/c1-8-3-4-10(19-2)9(7-8)15-11(17)12(18)16-13-14-5-6-20-13/h3-7H,1-2H3,(H,15,17)(H,14,16,18). The Balaban J connectivity index is 2.07. The van der Waals surface area contributed by atoms with E-state index in [1.54, 1.807) is 23.7 Å². The van der Waals surface area contributed by atoms with Gasteiger partial charge in [-0.05, 0) is 24.6 Å². The number of anilines is 2. The van der Waals surface area contributed by atoms with Gasteiger partial charge in [-0.15, -0.1) is 11.3 Å². The number of nitrogens with zero attached hydrogens (tertiary/aromatic N) is 1. The molecule has 0 aliphatic rings. The minimum atomic E-state index is -0.775. The molecule has 0 saturated heterocycles. The Morgan fingerprint density at radius 2 is 2.00 bits per heavy atom. The van der Waals surface area contributed by atoms with Crippen LogP contribution < -0.4 is 15.4 Å². The van der Waals surface area contributed by atoms with Gasteiger partial charge in [0.05, 0.1) is 12.8 Å². The number of benzene rings is 1. The van der Waals surface area contributed by atoms with E-state index in [0.717, 1.165) is 5.56 Å². The molecule has 7 heteroatoms. The fourth-order valence-electron chi connectivity index (χ4n) is 1.54. The molecule has 0 aliphatic heterocycles. The molecule has 0 bridgehead atoms. The number of aryl methyl sites for hydroxylation is 1. The van der Waals surface area contributed by atoms with Crippen LogP contribution in [0.1, 0.15) is 5.56 Å². The summed E-state index contributed by atoms with van der Waals surface area (Å²) in [6, 6.07) is 5.31. The molecule has 0 spiro atoms. The van der Waals surface area contributed by atoms with E-state index >= 15 is 0 Å². The zero-order chi connectivity index (χ0) is 14.5. The number of nitrogens with one attached hydrogen (secondary N) is 2. The lowest BCUT2D eigenvalue weighted by atomic mass is 10.2. The highest BCUT2D eigenvalue weighted by Crippen LogP contribution is 2.25. The zero-order valence-corrected chi connectivity index (χ0v) is 11.8. The van der Waals surface area contributed by atoms with Crippen molar-refractivity contribution < 1.29 is 14.3 Å². The molecule has 0 saturated carbocycles. The van der Waals surface area contributed by atoms with Crippen LogP contribution in [0.3, 0.4) is 0 Å². The predicted octanol–water partition coefficient (Wildman–Crippen LogP) is 2.04. The number of hydrogen-bond donors (Lipinski definition) is 2. The highest BCUT2D eigenvalue weighted by Gasteiger charge is 2.16. The molecular formula is C13H13N3O3S. The van der Waals surface area contributed by atoms with E-state index in [-0.39, 0.29) is 0 Å². The number of rotatable bonds is 3. The van der Waals surface area contributed by atoms with Gasteiger partial charge in [0, 0.05) is 11.6 Å². The third-order valence-corrected chi connectivity index (χ3v) is 3.15. The van der Waals surface area contributed by atoms with Crippen LogP contribution in [-0.2, 0) is 9.59 Å². The molecule has 0 atom stereocenters. The Bertz CT molecular complexity index is 626. The number of ether oxygens (including phenoxy) is 1. The number of carbonyl (C=O) groups is 2. The van der Waals surface area contributed by atoms with Crippen molar-refractivity contribution in [1.29, 1.82) is 0 Å². The van der Waals surface area contributed by atoms with E-state index in [1.165, 1.54) is 18.4 Å². The summed E-state index contributed by atoms with van der Waals surface area (Å²) in [6.07, 6.45) is 1.54. The van der Waals surface area contributed by atoms with Crippen LogP contribution in [0.4, 0.5) is 10.8 Å². The minimum absolute atomic E-state index is 0.376. The van der Waals surface area contributed by atoms with E-state index in [1.807, 2.05) is 13.0 Å². The molecule has 1 aromatic heterocycles. The van der Waals surface area contributed by atoms with Gasteiger partial charge in [-0.25, -0.2) is 4.98 Å². The maximum atomic E-state index is 11.8. The molecule has 1 heterocycles. The topological polar surface area (TPSA) is 80.3 Å². The van der Waals surface area contributed by atoms with Crippen molar-refractivity contribution in [3.8, 4) is 5.75 Å². The summed E-state index contributed by atoms with van der Waals surface area (Å²) in [6.45, 7) is 1.88. The number of aromatic nitrogens is 1. The number of thiazole rings is 1. The molecule has 0 radical (unpaired) electrons. The van der Waals surface area contributed by atoms with Gasteiger partial charge >= 0.3 is 11.8 Å². The molecule has 2 N–H and O–H groups in total. The molecule has 2 amide bonds. The van der Waals surface area contributed by atoms with Crippen LogP contribution in [0.25, 0.3) is 0 Å². The zero-order valence-electron chi connectivity index (χ0n) is 11.0. The van der Waals surface area contributed by atoms with Crippen LogP contribution in [0.5, 0.6) is 5.75 Å². The van der Waals surface area contributed by atoms with Crippen molar-refractivity contribution in [2.45, 2.75) is 6.92 Å². The SMILES string of the molecule is COc1ccc(C)cc1NC(=O)C(=O)Nc1nccs1. The van der Waals surface area contributed by atoms with Gasteiger partial charge in [-0.2, -0.15) is 0 Å². The number of carbonyl (C=O) groups excluding carboxylic acids is 2. The largest absolute Gasteiger partial charge is 0.495 e. The highest BCUT2D eigenvalue weighted by molar-refractivity contribution is 7.13. The third kappa shape index (κ3) is 3.33. The molecule has 0 fully saturated rings. The van der Waals surface area contributed by atoms with Gasteiger partial charge in [0.1, 0.15) is 5.75 Å². The van der Waals surface area contributed by atoms with Crippen LogP contribution in [-0.4, -0.2) is 23.9 Å². The maximum Gasteiger partial charge on any atom is 0.315 e. The van der Waals surface area contributed by atoms with Gasteiger partial charge in [0.25, 0.3) is 0 Å². The van der Waals surface area contributed by atoms with Gasteiger partial charge in [-0.1, -0.05) is 6.07 Å². The molecular weight excluding hydrogens is 278 g/mol. The van der Waals surface area contributed by atoms with Gasteiger partial charge in [-0.3, -0.25) is 14.9 Å². The predicted molar refractivity (Wildman–Crippen MR) is 77.1 cm³/mol. The summed E-state index contributed by atoms with van der Waals surface area (Å²) in [5.41, 5.74) is 1.40. The number of hydrogen-bond acceptors (Lipinski definition) is 5. The highest BCUT2D eigenvalue weighted by atomic mass is 32.1. The third-order valence-electron chi connectivity index (χ3n) is 2.46. The fraction of sp³-hybridized carbons (Fsp3) is 0.154. The molecule has 20 heavy (non-hydrogen) atoms. The summed E-state index contributed by atoms with van der Waals surface area (Å²) in [7, 11) is 1.50. The normalized spacial score (nSPS) is 9.90. The summed E-state index contributed by atoms with van der Waals surface area (Å²) < 4.78 is 5.13. The maximum absolute atomic E-state index is 11.8. The quantitative estimate of drug-likeness (QED) is 0.848. The van der Waals surface area contributed by atoms with Gasteiger partial charge in [0.15, 0.2) is 5.13 Å². The van der Waals surface area contributed by atoms with E-state index in [9.17, 15) is 9.59 Å². The van der Waals surface area contributed by atoms with E-state index in [4.69, 9.17) is 4.74 Å². The van der Waals surface area contributed by atoms with E-state index in [0.29, 0.717) is 16.6 Å². The lowest BCUT2D eigenvalue weighted by Gasteiger charge is -2.10. The van der Waals surface area contributed by atoms with Gasteiger partial charge in [0.2, 0.25) is 0 Å². The summed E-state index contributed by atoms with van der Waals surface area (Å²) in [5, 5.41) is 7.01. The molecule has 2 aromatic rings. The van der Waals surface area contributed by atoms with E-state index in [2.05, 4.69) is 15.6 Å². The number of methoxy groups -OCH3 is 1. The van der Waals surface area contributed by atoms with Crippen molar-refractivity contribution in [1.82, 2.24) is 4.98 Å². The molecule has 0 unspecified atom stereocenters. The van der Waals surface area contributed by atoms with Crippen LogP contribution in [0.2, 0.25) is 0 Å². The second kappa shape index (κ2) is 6.16. The molecule has 1 aromatic carbocycles. The first-order valence-corrected chi connectivity index (χ1v) is 6.64. The molecule has 2 rings (SSSR count). The Morgan fingerprint density at radius 3 is 2.65 bits per heavy atom. The van der Waals surface area contributed by atoms with Crippen LogP contribution >= 0.6 is 11.3 Å². The molecule has 104 valence electrons. The van der Waals surface area contributed by atoms with Crippen molar-refractivity contribution >= 4 is 34.0 Å². The fourth-order valence-corrected chi connectivity index (χ4v) is 2.06. The Labute approximate surface area is 119 Å². The lowest BCUT2D eigenvalue weighted by molar-refractivity contribution is -0.133. The average molecular weight is 291 g/mol. The first-order chi connectivity index (χ1) is 9.60. The van der Waals surface area contributed by atoms with Crippen molar-refractivity contribution in [3.05, 3.63) is 35.3 Å². The smallest absolute Gasteiger partial charge is 0.315 e. The second-order valence-electron chi connectivity index (χ2n) is 3.95. The van der Waals surface area contributed by atoms with E-state index < -0.39 is 11.8 Å². The molecule has 6 nitrogen and oxygen atoms in total. The average Bonchev–Trinajstić information content (AvgIpc) is 2.91. The summed E-state index contributed by atoms with van der Waals surface area (Å²) in [5.74, 6) is -1.06. The van der Waals surface area contributed by atoms with Crippen molar-refractivity contribution in [2.24, 2.45) is 0 Å². The summed E-state index contributed by atoms with van der Waals surface area (Å²) in [4.78, 5) is 27.4. The second-order valence-corrected chi connectivity index (χ2v) is 4.84. The first-order valence-electron chi connectivity index (χ1n) is 5.76. The summed E-state index contributed by atoms with van der Waals surface area (Å²) >= 11 is 1.24. The first kappa shape index (κ1) is 14.0. The van der Waals surface area contributed by atoms with Gasteiger partial charge < -0.3 is 10.1 Å². The minimum Gasteiger partial charge on any atom is -0.495 e. The van der Waals surface area contributed by atoms with Crippen LogP contribution in [0.15, 0.2) is 29.8 Å². The number of amides is 2. The Morgan fingerprint density at radius 1 is 1.25 bits per heavy atom. The monoisotopic (exact) mass is 291 g/mol. The molecule has 0 aliphatic carbocycles. The lowest BCUT2D eigenvalue weighted by Crippen LogP contribution is -2.29. The Kier molecular flexibility index (Phi) is 4.31.